The average Bonchev–Trinajstić information content (AvgIpc) is 3.35. The number of amides is 2. The molecule has 160 valence electrons. The van der Waals surface area contributed by atoms with Crippen molar-refractivity contribution < 1.29 is 19.1 Å². The molecule has 3 aromatic rings. The molecule has 0 radical (unpaired) electrons. The fourth-order valence-electron chi connectivity index (χ4n) is 4.33. The first kappa shape index (κ1) is 20.0. The summed E-state index contributed by atoms with van der Waals surface area (Å²) in [4.78, 5) is 41.1. The Hall–Kier alpha value is -3.93. The van der Waals surface area contributed by atoms with Gasteiger partial charge in [-0.2, -0.15) is 0 Å². The summed E-state index contributed by atoms with van der Waals surface area (Å²) in [5, 5.41) is 0. The van der Waals surface area contributed by atoms with E-state index < -0.39 is 0 Å². The summed E-state index contributed by atoms with van der Waals surface area (Å²) in [7, 11) is 0. The number of ether oxygens (including phenoxy) is 1. The Kier molecular flexibility index (Phi) is 5.19. The molecule has 3 aromatic carbocycles. The summed E-state index contributed by atoms with van der Waals surface area (Å²) in [5.41, 5.74) is 4.27. The van der Waals surface area contributed by atoms with Crippen LogP contribution < -0.4 is 9.80 Å². The van der Waals surface area contributed by atoms with E-state index in [-0.39, 0.29) is 17.8 Å². The van der Waals surface area contributed by atoms with E-state index in [1.54, 1.807) is 36.4 Å². The molecule has 0 fully saturated rings. The minimum Gasteiger partial charge on any atom is -0.462 e. The molecule has 0 aromatic heterocycles. The lowest BCUT2D eigenvalue weighted by Crippen LogP contribution is -2.29. The van der Waals surface area contributed by atoms with Gasteiger partial charge in [0, 0.05) is 18.8 Å². The van der Waals surface area contributed by atoms with Crippen molar-refractivity contribution in [3.05, 3.63) is 95.1 Å². The third-order valence-electron chi connectivity index (χ3n) is 5.92. The lowest BCUT2D eigenvalue weighted by Gasteiger charge is -2.20. The highest BCUT2D eigenvalue weighted by Crippen LogP contribution is 2.35. The predicted molar refractivity (Wildman–Crippen MR) is 121 cm³/mol. The van der Waals surface area contributed by atoms with E-state index in [1.807, 2.05) is 36.4 Å². The molecule has 32 heavy (non-hydrogen) atoms. The highest BCUT2D eigenvalue weighted by atomic mass is 16.5. The Labute approximate surface area is 186 Å². The van der Waals surface area contributed by atoms with Gasteiger partial charge < -0.3 is 9.64 Å². The van der Waals surface area contributed by atoms with Gasteiger partial charge in [-0.25, -0.2) is 9.69 Å². The van der Waals surface area contributed by atoms with E-state index in [4.69, 9.17) is 4.74 Å². The van der Waals surface area contributed by atoms with Crippen molar-refractivity contribution in [2.45, 2.75) is 12.8 Å². The third kappa shape index (κ3) is 3.54. The molecule has 2 heterocycles. The molecular formula is C26H22N2O4. The third-order valence-corrected chi connectivity index (χ3v) is 5.92. The van der Waals surface area contributed by atoms with Crippen molar-refractivity contribution >= 4 is 29.2 Å². The molecule has 0 atom stereocenters. The minimum absolute atomic E-state index is 0.277. The normalized spacial score (nSPS) is 14.5. The van der Waals surface area contributed by atoms with Crippen LogP contribution in [-0.4, -0.2) is 37.5 Å². The van der Waals surface area contributed by atoms with Gasteiger partial charge in [0.15, 0.2) is 0 Å². The zero-order chi connectivity index (χ0) is 22.1. The fraction of sp³-hybridized carbons (Fsp3) is 0.192. The van der Waals surface area contributed by atoms with Gasteiger partial charge in [-0.05, 0) is 60.9 Å². The van der Waals surface area contributed by atoms with Crippen LogP contribution in [-0.2, 0) is 11.2 Å². The molecule has 0 aliphatic carbocycles. The maximum Gasteiger partial charge on any atom is 0.338 e. The molecule has 0 bridgehead atoms. The first-order chi connectivity index (χ1) is 15.6. The number of imide groups is 1. The summed E-state index contributed by atoms with van der Waals surface area (Å²) in [6, 6.07) is 21.6. The Bertz CT molecular complexity index is 1170. The first-order valence-electron chi connectivity index (χ1n) is 10.7. The van der Waals surface area contributed by atoms with E-state index in [9.17, 15) is 14.4 Å². The second-order valence-corrected chi connectivity index (χ2v) is 7.90. The maximum absolute atomic E-state index is 12.8. The van der Waals surface area contributed by atoms with Crippen LogP contribution in [0.1, 0.15) is 43.1 Å². The molecule has 2 amide bonds. The number of hydrogen-bond donors (Lipinski definition) is 0. The molecule has 6 heteroatoms. The molecule has 6 nitrogen and oxygen atoms in total. The quantitative estimate of drug-likeness (QED) is 0.337. The van der Waals surface area contributed by atoms with Crippen LogP contribution in [0, 0.1) is 0 Å². The van der Waals surface area contributed by atoms with E-state index in [1.165, 1.54) is 4.90 Å². The zero-order valence-corrected chi connectivity index (χ0v) is 17.5. The van der Waals surface area contributed by atoms with Crippen molar-refractivity contribution in [3.8, 4) is 0 Å². The number of carbonyl (C=O) groups is 3. The largest absolute Gasteiger partial charge is 0.462 e. The molecule has 0 saturated heterocycles. The SMILES string of the molecule is O=C(OCCCN1CCc2cc(N3C(=O)c4ccccc4C3=O)ccc21)c1ccccc1. The fourth-order valence-corrected chi connectivity index (χ4v) is 4.33. The monoisotopic (exact) mass is 426 g/mol. The van der Waals surface area contributed by atoms with Crippen molar-refractivity contribution in [2.24, 2.45) is 0 Å². The van der Waals surface area contributed by atoms with Gasteiger partial charge in [-0.1, -0.05) is 30.3 Å². The van der Waals surface area contributed by atoms with Crippen molar-refractivity contribution in [3.63, 3.8) is 0 Å². The Balaban J connectivity index is 1.22. The van der Waals surface area contributed by atoms with E-state index in [0.717, 1.165) is 37.2 Å². The zero-order valence-electron chi connectivity index (χ0n) is 17.5. The Morgan fingerprint density at radius 1 is 0.875 bits per heavy atom. The number of carbonyl (C=O) groups excluding carboxylic acids is 3. The van der Waals surface area contributed by atoms with Crippen molar-refractivity contribution in [1.82, 2.24) is 0 Å². The molecule has 5 rings (SSSR count). The summed E-state index contributed by atoms with van der Waals surface area (Å²) in [6.45, 7) is 1.97. The number of hydrogen-bond acceptors (Lipinski definition) is 5. The smallest absolute Gasteiger partial charge is 0.338 e. The van der Waals surface area contributed by atoms with Gasteiger partial charge in [-0.15, -0.1) is 0 Å². The van der Waals surface area contributed by atoms with Crippen LogP contribution >= 0.6 is 0 Å². The van der Waals surface area contributed by atoms with Gasteiger partial charge >= 0.3 is 5.97 Å². The van der Waals surface area contributed by atoms with Crippen LogP contribution in [0.4, 0.5) is 11.4 Å². The first-order valence-corrected chi connectivity index (χ1v) is 10.7. The highest BCUT2D eigenvalue weighted by molar-refractivity contribution is 6.34. The average molecular weight is 426 g/mol. The molecular weight excluding hydrogens is 404 g/mol. The van der Waals surface area contributed by atoms with Crippen LogP contribution in [0.15, 0.2) is 72.8 Å². The van der Waals surface area contributed by atoms with Crippen molar-refractivity contribution in [1.29, 1.82) is 0 Å². The van der Waals surface area contributed by atoms with E-state index in [0.29, 0.717) is 29.0 Å². The van der Waals surface area contributed by atoms with Gasteiger partial charge in [0.25, 0.3) is 11.8 Å². The summed E-state index contributed by atoms with van der Waals surface area (Å²) < 4.78 is 5.37. The number of esters is 1. The Morgan fingerprint density at radius 3 is 2.28 bits per heavy atom. The standard InChI is InChI=1S/C26H22N2O4/c29-24-21-9-4-5-10-22(21)25(30)28(24)20-11-12-23-19(17-20)13-15-27(23)14-6-16-32-26(31)18-7-2-1-3-8-18/h1-5,7-12,17H,6,13-16H2. The number of fused-ring (bicyclic) bond motifs is 2. The van der Waals surface area contributed by atoms with Crippen LogP contribution in [0.5, 0.6) is 0 Å². The van der Waals surface area contributed by atoms with Crippen LogP contribution in [0.2, 0.25) is 0 Å². The highest BCUT2D eigenvalue weighted by Gasteiger charge is 2.36. The summed E-state index contributed by atoms with van der Waals surface area (Å²) >= 11 is 0. The molecule has 0 unspecified atom stereocenters. The van der Waals surface area contributed by atoms with Crippen LogP contribution in [0.25, 0.3) is 0 Å². The van der Waals surface area contributed by atoms with Crippen molar-refractivity contribution in [2.75, 3.05) is 29.5 Å². The number of anilines is 2. The molecule has 2 aliphatic heterocycles. The van der Waals surface area contributed by atoms with Gasteiger partial charge in [0.2, 0.25) is 0 Å². The summed E-state index contributed by atoms with van der Waals surface area (Å²) in [6.07, 6.45) is 1.56. The summed E-state index contributed by atoms with van der Waals surface area (Å²) in [5.74, 6) is -0.862. The predicted octanol–water partition coefficient (Wildman–Crippen LogP) is 4.10. The molecule has 0 N–H and O–H groups in total. The van der Waals surface area contributed by atoms with E-state index in [2.05, 4.69) is 4.90 Å². The van der Waals surface area contributed by atoms with Gasteiger partial charge in [0.1, 0.15) is 0 Å². The second kappa shape index (κ2) is 8.30. The van der Waals surface area contributed by atoms with Gasteiger partial charge in [0.05, 0.1) is 29.0 Å². The molecule has 0 spiro atoms. The minimum atomic E-state index is -0.307. The lowest BCUT2D eigenvalue weighted by molar-refractivity contribution is 0.0502. The Morgan fingerprint density at radius 2 is 1.56 bits per heavy atom. The maximum atomic E-state index is 12.8. The number of nitrogens with zero attached hydrogens (tertiary/aromatic N) is 2. The number of rotatable bonds is 6. The van der Waals surface area contributed by atoms with Crippen LogP contribution in [0.3, 0.4) is 0 Å². The molecule has 0 saturated carbocycles. The van der Waals surface area contributed by atoms with E-state index >= 15 is 0 Å². The topological polar surface area (TPSA) is 66.9 Å². The van der Waals surface area contributed by atoms with Gasteiger partial charge in [-0.3, -0.25) is 9.59 Å². The molecule has 2 aliphatic rings. The second-order valence-electron chi connectivity index (χ2n) is 7.90. The number of benzene rings is 3. The lowest BCUT2D eigenvalue weighted by atomic mass is 10.1.